The van der Waals surface area contributed by atoms with Crippen molar-refractivity contribution in [2.24, 2.45) is 17.4 Å². The second kappa shape index (κ2) is 4.20. The molecule has 4 nitrogen and oxygen atoms in total. The van der Waals surface area contributed by atoms with Crippen LogP contribution >= 0.6 is 0 Å². The summed E-state index contributed by atoms with van der Waals surface area (Å²) in [6, 6.07) is 6.38. The van der Waals surface area contributed by atoms with Crippen LogP contribution in [0.1, 0.15) is 24.4 Å². The highest BCUT2D eigenvalue weighted by Gasteiger charge is 2.32. The molecule has 0 bridgehead atoms. The second-order valence-corrected chi connectivity index (χ2v) is 4.92. The van der Waals surface area contributed by atoms with Gasteiger partial charge < -0.3 is 20.9 Å². The van der Waals surface area contributed by atoms with Gasteiger partial charge in [-0.2, -0.15) is 0 Å². The zero-order valence-corrected chi connectivity index (χ0v) is 9.76. The van der Waals surface area contributed by atoms with Crippen molar-refractivity contribution in [3.8, 4) is 11.5 Å². The molecule has 0 saturated heterocycles. The van der Waals surface area contributed by atoms with E-state index in [0.29, 0.717) is 25.2 Å². The molecule has 17 heavy (non-hydrogen) atoms. The standard InChI is InChI=1S/C13H18N2O2/c14-10-5-9(6-10)13(15)8-1-2-11-12(7-8)17-4-3-16-11/h1-2,7,9-10,13H,3-6,14-15H2. The van der Waals surface area contributed by atoms with Crippen molar-refractivity contribution in [1.29, 1.82) is 0 Å². The summed E-state index contributed by atoms with van der Waals surface area (Å²) in [5, 5.41) is 0. The molecule has 0 spiro atoms. The summed E-state index contributed by atoms with van der Waals surface area (Å²) in [5.74, 6) is 2.14. The summed E-state index contributed by atoms with van der Waals surface area (Å²) in [6.07, 6.45) is 2.05. The zero-order valence-electron chi connectivity index (χ0n) is 9.76. The summed E-state index contributed by atoms with van der Waals surface area (Å²) in [7, 11) is 0. The Bertz CT molecular complexity index is 416. The molecule has 1 fully saturated rings. The van der Waals surface area contributed by atoms with Gasteiger partial charge in [-0.05, 0) is 36.5 Å². The first kappa shape index (κ1) is 10.9. The molecular formula is C13H18N2O2. The van der Waals surface area contributed by atoms with E-state index in [1.165, 1.54) is 0 Å². The van der Waals surface area contributed by atoms with Crippen LogP contribution in [0.4, 0.5) is 0 Å². The molecule has 1 aromatic rings. The number of rotatable bonds is 2. The molecule has 4 heteroatoms. The van der Waals surface area contributed by atoms with Gasteiger partial charge in [-0.3, -0.25) is 0 Å². The van der Waals surface area contributed by atoms with Crippen LogP contribution in [-0.2, 0) is 0 Å². The predicted octanol–water partition coefficient (Wildman–Crippen LogP) is 1.19. The Labute approximate surface area is 101 Å². The van der Waals surface area contributed by atoms with Crippen LogP contribution in [-0.4, -0.2) is 19.3 Å². The third-order valence-corrected chi connectivity index (χ3v) is 3.67. The van der Waals surface area contributed by atoms with Gasteiger partial charge in [0.15, 0.2) is 11.5 Å². The molecule has 1 atom stereocenters. The van der Waals surface area contributed by atoms with Crippen LogP contribution in [0.2, 0.25) is 0 Å². The molecule has 0 aromatic heterocycles. The molecular weight excluding hydrogens is 216 g/mol. The molecule has 0 radical (unpaired) electrons. The SMILES string of the molecule is NC1CC(C(N)c2ccc3c(c2)OCCO3)C1. The topological polar surface area (TPSA) is 70.5 Å². The van der Waals surface area contributed by atoms with Crippen LogP contribution in [0.15, 0.2) is 18.2 Å². The largest absolute Gasteiger partial charge is 0.486 e. The van der Waals surface area contributed by atoms with Crippen molar-refractivity contribution < 1.29 is 9.47 Å². The van der Waals surface area contributed by atoms with Crippen LogP contribution < -0.4 is 20.9 Å². The van der Waals surface area contributed by atoms with E-state index in [2.05, 4.69) is 0 Å². The molecule has 1 saturated carbocycles. The summed E-state index contributed by atoms with van der Waals surface area (Å²) < 4.78 is 11.1. The molecule has 92 valence electrons. The van der Waals surface area contributed by atoms with Gasteiger partial charge in [-0.25, -0.2) is 0 Å². The summed E-state index contributed by atoms with van der Waals surface area (Å²) in [4.78, 5) is 0. The normalized spacial score (nSPS) is 28.4. The molecule has 1 aliphatic carbocycles. The fraction of sp³-hybridized carbons (Fsp3) is 0.538. The molecule has 4 N–H and O–H groups in total. The van der Waals surface area contributed by atoms with Crippen molar-refractivity contribution in [2.45, 2.75) is 24.9 Å². The molecule has 3 rings (SSSR count). The third-order valence-electron chi connectivity index (χ3n) is 3.67. The van der Waals surface area contributed by atoms with Crippen molar-refractivity contribution >= 4 is 0 Å². The van der Waals surface area contributed by atoms with Gasteiger partial charge >= 0.3 is 0 Å². The van der Waals surface area contributed by atoms with Crippen molar-refractivity contribution in [1.82, 2.24) is 0 Å². The number of fused-ring (bicyclic) bond motifs is 1. The van der Waals surface area contributed by atoms with E-state index in [0.717, 1.165) is 29.9 Å². The highest BCUT2D eigenvalue weighted by Crippen LogP contribution is 2.39. The number of benzene rings is 1. The molecule has 1 heterocycles. The van der Waals surface area contributed by atoms with E-state index in [9.17, 15) is 0 Å². The Kier molecular flexibility index (Phi) is 2.68. The Hall–Kier alpha value is -1.26. The minimum atomic E-state index is 0.0608. The lowest BCUT2D eigenvalue weighted by molar-refractivity contribution is 0.170. The van der Waals surface area contributed by atoms with Crippen LogP contribution in [0.25, 0.3) is 0 Å². The summed E-state index contributed by atoms with van der Waals surface area (Å²) in [5.41, 5.74) is 13.2. The Morgan fingerprint density at radius 2 is 1.82 bits per heavy atom. The van der Waals surface area contributed by atoms with E-state index in [-0.39, 0.29) is 6.04 Å². The monoisotopic (exact) mass is 234 g/mol. The predicted molar refractivity (Wildman–Crippen MR) is 65.1 cm³/mol. The Morgan fingerprint density at radius 3 is 2.53 bits per heavy atom. The average molecular weight is 234 g/mol. The number of hydrogen-bond donors (Lipinski definition) is 2. The van der Waals surface area contributed by atoms with E-state index in [1.807, 2.05) is 18.2 Å². The molecule has 0 amide bonds. The molecule has 1 unspecified atom stereocenters. The van der Waals surface area contributed by atoms with Crippen LogP contribution in [0.5, 0.6) is 11.5 Å². The van der Waals surface area contributed by atoms with E-state index in [4.69, 9.17) is 20.9 Å². The Morgan fingerprint density at radius 1 is 1.12 bits per heavy atom. The van der Waals surface area contributed by atoms with E-state index < -0.39 is 0 Å². The van der Waals surface area contributed by atoms with E-state index >= 15 is 0 Å². The third kappa shape index (κ3) is 1.98. The van der Waals surface area contributed by atoms with Gasteiger partial charge in [-0.15, -0.1) is 0 Å². The number of hydrogen-bond acceptors (Lipinski definition) is 4. The lowest BCUT2D eigenvalue weighted by atomic mass is 9.74. The molecule has 1 aromatic carbocycles. The highest BCUT2D eigenvalue weighted by molar-refractivity contribution is 5.44. The van der Waals surface area contributed by atoms with Crippen molar-refractivity contribution in [2.75, 3.05) is 13.2 Å². The maximum absolute atomic E-state index is 6.24. The maximum atomic E-state index is 6.24. The minimum Gasteiger partial charge on any atom is -0.486 e. The zero-order chi connectivity index (χ0) is 11.8. The lowest BCUT2D eigenvalue weighted by Crippen LogP contribution is -2.41. The quantitative estimate of drug-likeness (QED) is 0.806. The number of ether oxygens (including phenoxy) is 2. The van der Waals surface area contributed by atoms with E-state index in [1.54, 1.807) is 0 Å². The molecule has 1 aliphatic heterocycles. The maximum Gasteiger partial charge on any atom is 0.161 e. The minimum absolute atomic E-state index is 0.0608. The van der Waals surface area contributed by atoms with Crippen molar-refractivity contribution in [3.05, 3.63) is 23.8 Å². The van der Waals surface area contributed by atoms with Gasteiger partial charge in [-0.1, -0.05) is 6.07 Å². The van der Waals surface area contributed by atoms with Gasteiger partial charge in [0.2, 0.25) is 0 Å². The van der Waals surface area contributed by atoms with Gasteiger partial charge in [0, 0.05) is 12.1 Å². The fourth-order valence-corrected chi connectivity index (χ4v) is 2.54. The summed E-state index contributed by atoms with van der Waals surface area (Å²) in [6.45, 7) is 1.23. The second-order valence-electron chi connectivity index (χ2n) is 4.92. The lowest BCUT2D eigenvalue weighted by Gasteiger charge is -2.37. The number of nitrogens with two attached hydrogens (primary N) is 2. The van der Waals surface area contributed by atoms with Crippen molar-refractivity contribution in [3.63, 3.8) is 0 Å². The molecule has 2 aliphatic rings. The van der Waals surface area contributed by atoms with Gasteiger partial charge in [0.05, 0.1) is 0 Å². The summed E-state index contributed by atoms with van der Waals surface area (Å²) >= 11 is 0. The van der Waals surface area contributed by atoms with Crippen LogP contribution in [0, 0.1) is 5.92 Å². The smallest absolute Gasteiger partial charge is 0.161 e. The first-order valence-corrected chi connectivity index (χ1v) is 6.15. The first-order chi connectivity index (χ1) is 8.24. The first-order valence-electron chi connectivity index (χ1n) is 6.15. The average Bonchev–Trinajstić information content (AvgIpc) is 2.33. The fourth-order valence-electron chi connectivity index (χ4n) is 2.54. The van der Waals surface area contributed by atoms with Gasteiger partial charge in [0.1, 0.15) is 13.2 Å². The Balaban J connectivity index is 1.78. The van der Waals surface area contributed by atoms with Gasteiger partial charge in [0.25, 0.3) is 0 Å². The van der Waals surface area contributed by atoms with Crippen LogP contribution in [0.3, 0.4) is 0 Å². The highest BCUT2D eigenvalue weighted by atomic mass is 16.6.